The molecule has 0 aliphatic rings. The highest BCUT2D eigenvalue weighted by Gasteiger charge is 2.03. The van der Waals surface area contributed by atoms with E-state index in [1.165, 1.54) is 10.4 Å². The fourth-order valence-corrected chi connectivity index (χ4v) is 2.06. The molecule has 4 heteroatoms. The van der Waals surface area contributed by atoms with Crippen molar-refractivity contribution in [3.05, 3.63) is 21.9 Å². The molecule has 1 aromatic heterocycles. The molecule has 0 unspecified atom stereocenters. The van der Waals surface area contributed by atoms with E-state index in [1.807, 2.05) is 5.38 Å². The minimum atomic E-state index is 0.0819. The van der Waals surface area contributed by atoms with Gasteiger partial charge < -0.3 is 5.32 Å². The number of alkyl halides is 1. The molecular weight excluding hydrogens is 218 g/mol. The van der Waals surface area contributed by atoms with Gasteiger partial charge in [-0.15, -0.1) is 22.9 Å². The highest BCUT2D eigenvalue weighted by atomic mass is 35.5. The molecule has 0 aliphatic heterocycles. The summed E-state index contributed by atoms with van der Waals surface area (Å²) in [6, 6.07) is 2.06. The molecule has 0 fully saturated rings. The van der Waals surface area contributed by atoms with Crippen LogP contribution in [0.1, 0.15) is 23.3 Å². The maximum Gasteiger partial charge on any atom is 0.220 e. The van der Waals surface area contributed by atoms with Gasteiger partial charge in [0.25, 0.3) is 0 Å². The quantitative estimate of drug-likeness (QED) is 0.776. The third-order valence-corrected chi connectivity index (χ3v) is 3.24. The Labute approximate surface area is 93.3 Å². The van der Waals surface area contributed by atoms with Gasteiger partial charge >= 0.3 is 0 Å². The lowest BCUT2D eigenvalue weighted by molar-refractivity contribution is -0.121. The summed E-state index contributed by atoms with van der Waals surface area (Å²) < 4.78 is 0. The first-order chi connectivity index (χ1) is 6.74. The van der Waals surface area contributed by atoms with Crippen LogP contribution < -0.4 is 5.32 Å². The van der Waals surface area contributed by atoms with Gasteiger partial charge in [0, 0.05) is 17.2 Å². The number of thiophene rings is 1. The summed E-state index contributed by atoms with van der Waals surface area (Å²) in [5, 5.41) is 4.91. The Morgan fingerprint density at radius 3 is 3.00 bits per heavy atom. The van der Waals surface area contributed by atoms with Crippen LogP contribution in [0, 0.1) is 6.92 Å². The van der Waals surface area contributed by atoms with Gasteiger partial charge in [-0.3, -0.25) is 4.79 Å². The molecule has 0 bridgehead atoms. The van der Waals surface area contributed by atoms with Crippen LogP contribution in [0.15, 0.2) is 11.4 Å². The summed E-state index contributed by atoms with van der Waals surface area (Å²) in [4.78, 5) is 12.5. The predicted molar refractivity (Wildman–Crippen MR) is 60.9 cm³/mol. The van der Waals surface area contributed by atoms with Gasteiger partial charge in [-0.05, 0) is 30.4 Å². The van der Waals surface area contributed by atoms with Crippen LogP contribution in [0.3, 0.4) is 0 Å². The third kappa shape index (κ3) is 3.68. The molecule has 0 saturated heterocycles. The van der Waals surface area contributed by atoms with E-state index in [2.05, 4.69) is 18.3 Å². The van der Waals surface area contributed by atoms with E-state index in [4.69, 9.17) is 11.6 Å². The fraction of sp³-hybridized carbons (Fsp3) is 0.500. The van der Waals surface area contributed by atoms with Crippen molar-refractivity contribution in [2.45, 2.75) is 26.3 Å². The number of hydrogen-bond donors (Lipinski definition) is 1. The molecule has 0 spiro atoms. The Morgan fingerprint density at radius 1 is 1.64 bits per heavy atom. The first-order valence-electron chi connectivity index (χ1n) is 4.59. The largest absolute Gasteiger partial charge is 0.351 e. The summed E-state index contributed by atoms with van der Waals surface area (Å²) >= 11 is 7.17. The summed E-state index contributed by atoms with van der Waals surface area (Å²) in [6.07, 6.45) is 1.27. The van der Waals surface area contributed by atoms with Crippen LogP contribution in [-0.2, 0) is 11.3 Å². The zero-order valence-electron chi connectivity index (χ0n) is 8.18. The molecule has 0 aliphatic carbocycles. The van der Waals surface area contributed by atoms with Crippen LogP contribution in [0.2, 0.25) is 0 Å². The van der Waals surface area contributed by atoms with Crippen LogP contribution in [0.25, 0.3) is 0 Å². The summed E-state index contributed by atoms with van der Waals surface area (Å²) in [6.45, 7) is 2.70. The normalized spacial score (nSPS) is 10.1. The second-order valence-electron chi connectivity index (χ2n) is 3.10. The lowest BCUT2D eigenvalue weighted by Crippen LogP contribution is -2.22. The molecule has 1 N–H and O–H groups in total. The molecule has 0 saturated carbocycles. The number of nitrogens with one attached hydrogen (secondary N) is 1. The maximum atomic E-state index is 11.2. The van der Waals surface area contributed by atoms with E-state index in [9.17, 15) is 4.79 Å². The molecule has 78 valence electrons. The predicted octanol–water partition coefficient (Wildman–Crippen LogP) is 2.69. The van der Waals surface area contributed by atoms with Crippen molar-refractivity contribution in [1.29, 1.82) is 0 Å². The number of carbonyl (C=O) groups is 1. The zero-order valence-corrected chi connectivity index (χ0v) is 9.75. The monoisotopic (exact) mass is 231 g/mol. The van der Waals surface area contributed by atoms with Gasteiger partial charge in [-0.25, -0.2) is 0 Å². The zero-order chi connectivity index (χ0) is 10.4. The van der Waals surface area contributed by atoms with Gasteiger partial charge in [-0.2, -0.15) is 0 Å². The topological polar surface area (TPSA) is 29.1 Å². The summed E-state index contributed by atoms with van der Waals surface area (Å²) in [7, 11) is 0. The molecule has 1 aromatic rings. The molecule has 1 heterocycles. The average molecular weight is 232 g/mol. The molecule has 14 heavy (non-hydrogen) atoms. The number of carbonyl (C=O) groups excluding carboxylic acids is 1. The molecule has 1 amide bonds. The first-order valence-corrected chi connectivity index (χ1v) is 6.01. The highest BCUT2D eigenvalue weighted by Crippen LogP contribution is 2.14. The lowest BCUT2D eigenvalue weighted by Gasteiger charge is -2.03. The fourth-order valence-electron chi connectivity index (χ4n) is 1.08. The molecule has 2 nitrogen and oxygen atoms in total. The third-order valence-electron chi connectivity index (χ3n) is 1.95. The molecule has 0 atom stereocenters. The van der Waals surface area contributed by atoms with Gasteiger partial charge in [0.15, 0.2) is 0 Å². The lowest BCUT2D eigenvalue weighted by atomic mass is 10.3. The van der Waals surface area contributed by atoms with Crippen LogP contribution in [0.5, 0.6) is 0 Å². The van der Waals surface area contributed by atoms with Crippen molar-refractivity contribution in [2.24, 2.45) is 0 Å². The Bertz CT molecular complexity index is 298. The summed E-state index contributed by atoms with van der Waals surface area (Å²) in [5.41, 5.74) is 1.24. The second-order valence-corrected chi connectivity index (χ2v) is 4.47. The number of aryl methyl sites for hydroxylation is 1. The number of amides is 1. The molecule has 1 rings (SSSR count). The Balaban J connectivity index is 2.27. The first kappa shape index (κ1) is 11.5. The van der Waals surface area contributed by atoms with Gasteiger partial charge in [-0.1, -0.05) is 0 Å². The van der Waals surface area contributed by atoms with Gasteiger partial charge in [0.05, 0.1) is 6.54 Å². The number of halogens is 1. The maximum absolute atomic E-state index is 11.2. The number of hydrogen-bond acceptors (Lipinski definition) is 2. The molecular formula is C10H14ClNOS. The Hall–Kier alpha value is -0.540. The highest BCUT2D eigenvalue weighted by molar-refractivity contribution is 7.10. The van der Waals surface area contributed by atoms with Crippen LogP contribution >= 0.6 is 22.9 Å². The smallest absolute Gasteiger partial charge is 0.220 e. The summed E-state index contributed by atoms with van der Waals surface area (Å²) in [5.74, 6) is 0.629. The van der Waals surface area contributed by atoms with Crippen molar-refractivity contribution in [3.63, 3.8) is 0 Å². The molecule has 0 radical (unpaired) electrons. The van der Waals surface area contributed by atoms with E-state index in [-0.39, 0.29) is 5.91 Å². The standard InChI is InChI=1S/C10H14ClNOS/c1-8-4-6-14-9(8)7-12-10(13)3-2-5-11/h4,6H,2-3,5,7H2,1H3,(H,12,13). The van der Waals surface area contributed by atoms with Crippen LogP contribution in [-0.4, -0.2) is 11.8 Å². The number of rotatable bonds is 5. The van der Waals surface area contributed by atoms with E-state index >= 15 is 0 Å². The average Bonchev–Trinajstić information content (AvgIpc) is 2.58. The Morgan fingerprint density at radius 2 is 2.43 bits per heavy atom. The van der Waals surface area contributed by atoms with Crippen molar-refractivity contribution in [1.82, 2.24) is 5.32 Å². The van der Waals surface area contributed by atoms with Crippen molar-refractivity contribution in [2.75, 3.05) is 5.88 Å². The minimum Gasteiger partial charge on any atom is -0.351 e. The second kappa shape index (κ2) is 6.04. The minimum absolute atomic E-state index is 0.0819. The van der Waals surface area contributed by atoms with E-state index in [0.29, 0.717) is 18.8 Å². The van der Waals surface area contributed by atoms with Crippen molar-refractivity contribution >= 4 is 28.8 Å². The van der Waals surface area contributed by atoms with Gasteiger partial charge in [0.2, 0.25) is 5.91 Å². The van der Waals surface area contributed by atoms with Gasteiger partial charge in [0.1, 0.15) is 0 Å². The SMILES string of the molecule is Cc1ccsc1CNC(=O)CCCCl. The van der Waals surface area contributed by atoms with Crippen LogP contribution in [0.4, 0.5) is 0 Å². The van der Waals surface area contributed by atoms with Crippen molar-refractivity contribution < 1.29 is 4.79 Å². The van der Waals surface area contributed by atoms with Crippen molar-refractivity contribution in [3.8, 4) is 0 Å². The van der Waals surface area contributed by atoms with E-state index < -0.39 is 0 Å². The van der Waals surface area contributed by atoms with E-state index in [1.54, 1.807) is 11.3 Å². The molecule has 0 aromatic carbocycles. The Kier molecular flexibility index (Phi) is 4.98. The van der Waals surface area contributed by atoms with E-state index in [0.717, 1.165) is 6.42 Å².